The Morgan fingerprint density at radius 2 is 2.06 bits per heavy atom. The molecule has 2 aromatic rings. The minimum absolute atomic E-state index is 0.714. The SMILES string of the molecule is COc1cccc(Oc2c(CBr)c(C)nn2C)c1. The van der Waals surface area contributed by atoms with Crippen LogP contribution < -0.4 is 9.47 Å². The van der Waals surface area contributed by atoms with Crippen molar-refractivity contribution in [1.29, 1.82) is 0 Å². The van der Waals surface area contributed by atoms with E-state index < -0.39 is 0 Å². The second kappa shape index (κ2) is 5.44. The van der Waals surface area contributed by atoms with Crippen molar-refractivity contribution in [3.05, 3.63) is 35.5 Å². The number of ether oxygens (including phenoxy) is 2. The summed E-state index contributed by atoms with van der Waals surface area (Å²) in [7, 11) is 3.51. The maximum atomic E-state index is 5.88. The number of alkyl halides is 1. The predicted octanol–water partition coefficient (Wildman–Crippen LogP) is 3.42. The van der Waals surface area contributed by atoms with Crippen molar-refractivity contribution in [2.24, 2.45) is 7.05 Å². The molecule has 0 N–H and O–H groups in total. The van der Waals surface area contributed by atoms with Crippen LogP contribution in [-0.2, 0) is 12.4 Å². The zero-order valence-electron chi connectivity index (χ0n) is 10.6. The fourth-order valence-corrected chi connectivity index (χ4v) is 2.38. The van der Waals surface area contributed by atoms with E-state index in [-0.39, 0.29) is 0 Å². The van der Waals surface area contributed by atoms with Crippen LogP contribution in [0.2, 0.25) is 0 Å². The molecule has 0 aliphatic heterocycles. The third-order valence-corrected chi connectivity index (χ3v) is 3.24. The largest absolute Gasteiger partial charge is 0.497 e. The van der Waals surface area contributed by atoms with E-state index in [0.717, 1.165) is 28.6 Å². The Kier molecular flexibility index (Phi) is 3.91. The molecule has 0 fully saturated rings. The van der Waals surface area contributed by atoms with Crippen LogP contribution in [0.3, 0.4) is 0 Å². The number of benzene rings is 1. The van der Waals surface area contributed by atoms with Gasteiger partial charge < -0.3 is 9.47 Å². The summed E-state index contributed by atoms with van der Waals surface area (Å²) in [5.74, 6) is 2.25. The molecule has 0 radical (unpaired) electrons. The van der Waals surface area contributed by atoms with Crippen molar-refractivity contribution >= 4 is 15.9 Å². The first-order valence-corrected chi connectivity index (χ1v) is 6.68. The molecule has 18 heavy (non-hydrogen) atoms. The minimum Gasteiger partial charge on any atom is -0.497 e. The van der Waals surface area contributed by atoms with Gasteiger partial charge in [-0.2, -0.15) is 5.10 Å². The summed E-state index contributed by atoms with van der Waals surface area (Å²) in [4.78, 5) is 0. The summed E-state index contributed by atoms with van der Waals surface area (Å²) in [6.45, 7) is 1.97. The maximum Gasteiger partial charge on any atom is 0.221 e. The molecule has 0 amide bonds. The van der Waals surface area contributed by atoms with Crippen LogP contribution in [0.1, 0.15) is 11.3 Å². The number of hydrogen-bond acceptors (Lipinski definition) is 3. The molecule has 96 valence electrons. The summed E-state index contributed by atoms with van der Waals surface area (Å²) in [6.07, 6.45) is 0. The highest BCUT2D eigenvalue weighted by atomic mass is 79.9. The first-order valence-electron chi connectivity index (χ1n) is 5.56. The van der Waals surface area contributed by atoms with E-state index >= 15 is 0 Å². The molecule has 1 aromatic carbocycles. The zero-order valence-corrected chi connectivity index (χ0v) is 12.2. The number of methoxy groups -OCH3 is 1. The topological polar surface area (TPSA) is 36.3 Å². The van der Waals surface area contributed by atoms with Crippen molar-refractivity contribution in [3.8, 4) is 17.4 Å². The van der Waals surface area contributed by atoms with Gasteiger partial charge in [-0.05, 0) is 19.1 Å². The first-order chi connectivity index (χ1) is 8.65. The van der Waals surface area contributed by atoms with Crippen LogP contribution in [0.4, 0.5) is 0 Å². The molecule has 0 aliphatic rings. The molecule has 0 saturated heterocycles. The maximum absolute atomic E-state index is 5.88. The van der Waals surface area contributed by atoms with Gasteiger partial charge in [-0.1, -0.05) is 22.0 Å². The summed E-state index contributed by atoms with van der Waals surface area (Å²) < 4.78 is 12.8. The van der Waals surface area contributed by atoms with Gasteiger partial charge in [0.2, 0.25) is 5.88 Å². The molecule has 0 unspecified atom stereocenters. The molecular weight excluding hydrogens is 296 g/mol. The third-order valence-electron chi connectivity index (χ3n) is 2.68. The van der Waals surface area contributed by atoms with E-state index in [1.165, 1.54) is 0 Å². The highest BCUT2D eigenvalue weighted by molar-refractivity contribution is 9.08. The zero-order chi connectivity index (χ0) is 13.1. The van der Waals surface area contributed by atoms with Gasteiger partial charge in [0.15, 0.2) is 0 Å². The van der Waals surface area contributed by atoms with E-state index in [0.29, 0.717) is 5.33 Å². The molecule has 4 nitrogen and oxygen atoms in total. The molecule has 0 bridgehead atoms. The molecule has 0 saturated carbocycles. The fourth-order valence-electron chi connectivity index (χ4n) is 1.74. The average molecular weight is 311 g/mol. The van der Waals surface area contributed by atoms with Crippen LogP contribution in [0.25, 0.3) is 0 Å². The van der Waals surface area contributed by atoms with Gasteiger partial charge in [0.25, 0.3) is 0 Å². The Morgan fingerprint density at radius 3 is 2.72 bits per heavy atom. The lowest BCUT2D eigenvalue weighted by molar-refractivity contribution is 0.401. The van der Waals surface area contributed by atoms with Crippen LogP contribution in [0, 0.1) is 6.92 Å². The van der Waals surface area contributed by atoms with Crippen molar-refractivity contribution in [2.75, 3.05) is 7.11 Å². The minimum atomic E-state index is 0.714. The molecule has 1 aromatic heterocycles. The monoisotopic (exact) mass is 310 g/mol. The van der Waals surface area contributed by atoms with E-state index in [4.69, 9.17) is 9.47 Å². The van der Waals surface area contributed by atoms with Gasteiger partial charge in [0.1, 0.15) is 11.5 Å². The number of hydrogen-bond donors (Lipinski definition) is 0. The fraction of sp³-hybridized carbons (Fsp3) is 0.308. The van der Waals surface area contributed by atoms with Crippen LogP contribution in [0.15, 0.2) is 24.3 Å². The Balaban J connectivity index is 2.33. The quantitative estimate of drug-likeness (QED) is 0.812. The second-order valence-electron chi connectivity index (χ2n) is 3.91. The molecule has 0 atom stereocenters. The summed E-state index contributed by atoms with van der Waals surface area (Å²) in [5, 5.41) is 5.07. The van der Waals surface area contributed by atoms with Crippen LogP contribution in [0.5, 0.6) is 17.4 Å². The van der Waals surface area contributed by atoms with Gasteiger partial charge >= 0.3 is 0 Å². The smallest absolute Gasteiger partial charge is 0.221 e. The Hall–Kier alpha value is -1.49. The lowest BCUT2D eigenvalue weighted by atomic mass is 10.3. The number of aryl methyl sites for hydroxylation is 2. The van der Waals surface area contributed by atoms with Crippen molar-refractivity contribution in [2.45, 2.75) is 12.3 Å². The van der Waals surface area contributed by atoms with E-state index in [1.54, 1.807) is 11.8 Å². The predicted molar refractivity (Wildman–Crippen MR) is 73.6 cm³/mol. The highest BCUT2D eigenvalue weighted by Crippen LogP contribution is 2.30. The lowest BCUT2D eigenvalue weighted by Crippen LogP contribution is -1.96. The molecule has 2 rings (SSSR count). The first kappa shape index (κ1) is 13.0. The Morgan fingerprint density at radius 1 is 1.33 bits per heavy atom. The normalized spacial score (nSPS) is 10.4. The standard InChI is InChI=1S/C13H15BrN2O2/c1-9-12(8-14)13(16(2)15-9)18-11-6-4-5-10(7-11)17-3/h4-7H,8H2,1-3H3. The van der Waals surface area contributed by atoms with Gasteiger partial charge in [0, 0.05) is 24.0 Å². The second-order valence-corrected chi connectivity index (χ2v) is 4.47. The third kappa shape index (κ3) is 2.51. The number of rotatable bonds is 4. The highest BCUT2D eigenvalue weighted by Gasteiger charge is 2.14. The molecule has 0 aliphatic carbocycles. The molecule has 1 heterocycles. The van der Waals surface area contributed by atoms with Gasteiger partial charge in [-0.3, -0.25) is 0 Å². The number of nitrogens with zero attached hydrogens (tertiary/aromatic N) is 2. The van der Waals surface area contributed by atoms with Crippen LogP contribution in [-0.4, -0.2) is 16.9 Å². The van der Waals surface area contributed by atoms with E-state index in [9.17, 15) is 0 Å². The van der Waals surface area contributed by atoms with Crippen molar-refractivity contribution in [1.82, 2.24) is 9.78 Å². The molecule has 5 heteroatoms. The molecular formula is C13H15BrN2O2. The number of halogens is 1. The average Bonchev–Trinajstić information content (AvgIpc) is 2.64. The number of aromatic nitrogens is 2. The summed E-state index contributed by atoms with van der Waals surface area (Å²) in [5.41, 5.74) is 2.02. The van der Waals surface area contributed by atoms with Crippen molar-refractivity contribution < 1.29 is 9.47 Å². The van der Waals surface area contributed by atoms with Gasteiger partial charge in [-0.15, -0.1) is 0 Å². The summed E-state index contributed by atoms with van der Waals surface area (Å²) in [6, 6.07) is 7.52. The Bertz CT molecular complexity index is 552. The van der Waals surface area contributed by atoms with E-state index in [2.05, 4.69) is 21.0 Å². The van der Waals surface area contributed by atoms with Crippen LogP contribution >= 0.6 is 15.9 Å². The lowest BCUT2D eigenvalue weighted by Gasteiger charge is -2.08. The van der Waals surface area contributed by atoms with Gasteiger partial charge in [-0.25, -0.2) is 4.68 Å². The van der Waals surface area contributed by atoms with E-state index in [1.807, 2.05) is 38.2 Å². The summed E-state index contributed by atoms with van der Waals surface area (Å²) >= 11 is 3.46. The Labute approximate surface area is 115 Å². The van der Waals surface area contributed by atoms with Gasteiger partial charge in [0.05, 0.1) is 12.8 Å². The molecule has 0 spiro atoms. The van der Waals surface area contributed by atoms with Crippen molar-refractivity contribution in [3.63, 3.8) is 0 Å².